The van der Waals surface area contributed by atoms with Crippen LogP contribution in [-0.4, -0.2) is 64.2 Å². The topological polar surface area (TPSA) is 63.5 Å². The number of nitrogens with zero attached hydrogens (tertiary/aromatic N) is 5. The molecule has 0 unspecified atom stereocenters. The van der Waals surface area contributed by atoms with Crippen molar-refractivity contribution >= 4 is 23.6 Å². The molecule has 34 heavy (non-hydrogen) atoms. The van der Waals surface area contributed by atoms with Gasteiger partial charge in [-0.2, -0.15) is 0 Å². The third-order valence-corrected chi connectivity index (χ3v) is 6.75. The fourth-order valence-corrected chi connectivity index (χ4v) is 4.86. The minimum Gasteiger partial charge on any atom is -0.378 e. The van der Waals surface area contributed by atoms with Crippen molar-refractivity contribution in [2.24, 2.45) is 0 Å². The fraction of sp³-hybridized carbons (Fsp3) is 0.423. The summed E-state index contributed by atoms with van der Waals surface area (Å²) in [6.07, 6.45) is 0.920. The minimum absolute atomic E-state index is 0.110. The second kappa shape index (κ2) is 11.5. The molecule has 0 saturated carbocycles. The van der Waals surface area contributed by atoms with E-state index in [1.807, 2.05) is 11.0 Å². The van der Waals surface area contributed by atoms with Gasteiger partial charge in [0.15, 0.2) is 5.16 Å². The third kappa shape index (κ3) is 5.98. The molecule has 0 bridgehead atoms. The van der Waals surface area contributed by atoms with Crippen LogP contribution in [0.25, 0.3) is 5.69 Å². The molecule has 3 aromatic rings. The maximum atomic E-state index is 13.2. The van der Waals surface area contributed by atoms with Crippen LogP contribution in [0.2, 0.25) is 0 Å². The number of rotatable bonds is 9. The first-order chi connectivity index (χ1) is 16.5. The first-order valence-electron chi connectivity index (χ1n) is 11.9. The molecule has 1 aliphatic heterocycles. The number of hydrogen-bond acceptors (Lipinski definition) is 6. The number of ether oxygens (including phenoxy) is 1. The fourth-order valence-electron chi connectivity index (χ4n) is 4.01. The summed E-state index contributed by atoms with van der Waals surface area (Å²) in [6, 6.07) is 16.7. The van der Waals surface area contributed by atoms with Gasteiger partial charge in [-0.3, -0.25) is 9.36 Å². The predicted molar refractivity (Wildman–Crippen MR) is 137 cm³/mol. The predicted octanol–water partition coefficient (Wildman–Crippen LogP) is 4.25. The Morgan fingerprint density at radius 3 is 2.53 bits per heavy atom. The van der Waals surface area contributed by atoms with Crippen LogP contribution in [0, 0.1) is 13.8 Å². The van der Waals surface area contributed by atoms with Gasteiger partial charge in [0.25, 0.3) is 0 Å². The molecule has 1 aromatic heterocycles. The van der Waals surface area contributed by atoms with Crippen molar-refractivity contribution in [3.63, 3.8) is 0 Å². The van der Waals surface area contributed by atoms with Crippen molar-refractivity contribution in [2.75, 3.05) is 43.5 Å². The van der Waals surface area contributed by atoms with Crippen LogP contribution in [0.3, 0.4) is 0 Å². The standard InChI is InChI=1S/C26H33N5O2S/c1-4-12-30(18-22-10-8-20(2)9-11-22)24(32)19-34-26-28-27-25(29-13-15-33-16-14-29)31(26)23-7-5-6-21(3)17-23/h5-11,17H,4,12-16,18-19H2,1-3H3. The quantitative estimate of drug-likeness (QED) is 0.428. The molecule has 180 valence electrons. The van der Waals surface area contributed by atoms with E-state index < -0.39 is 0 Å². The van der Waals surface area contributed by atoms with Crippen LogP contribution >= 0.6 is 11.8 Å². The lowest BCUT2D eigenvalue weighted by Gasteiger charge is -2.28. The van der Waals surface area contributed by atoms with Gasteiger partial charge in [0.1, 0.15) is 0 Å². The van der Waals surface area contributed by atoms with Crippen LogP contribution in [0.1, 0.15) is 30.0 Å². The zero-order chi connectivity index (χ0) is 23.9. The van der Waals surface area contributed by atoms with Crippen molar-refractivity contribution in [3.8, 4) is 5.69 Å². The number of amides is 1. The molecule has 0 radical (unpaired) electrons. The van der Waals surface area contributed by atoms with Gasteiger partial charge < -0.3 is 14.5 Å². The number of aryl methyl sites for hydroxylation is 2. The SMILES string of the molecule is CCCN(Cc1ccc(C)cc1)C(=O)CSc1nnc(N2CCOCC2)n1-c1cccc(C)c1. The maximum Gasteiger partial charge on any atom is 0.233 e. The van der Waals surface area contributed by atoms with Gasteiger partial charge in [-0.05, 0) is 43.5 Å². The summed E-state index contributed by atoms with van der Waals surface area (Å²) in [4.78, 5) is 17.3. The van der Waals surface area contributed by atoms with Crippen LogP contribution < -0.4 is 4.90 Å². The first-order valence-corrected chi connectivity index (χ1v) is 12.8. The number of hydrogen-bond donors (Lipinski definition) is 0. The smallest absolute Gasteiger partial charge is 0.233 e. The average molecular weight is 480 g/mol. The molecule has 8 heteroatoms. The highest BCUT2D eigenvalue weighted by atomic mass is 32.2. The number of thioether (sulfide) groups is 1. The lowest BCUT2D eigenvalue weighted by Crippen LogP contribution is -2.38. The van der Waals surface area contributed by atoms with Gasteiger partial charge in [0.2, 0.25) is 11.9 Å². The van der Waals surface area contributed by atoms with Gasteiger partial charge >= 0.3 is 0 Å². The average Bonchev–Trinajstić information content (AvgIpc) is 3.28. The van der Waals surface area contributed by atoms with Crippen molar-refractivity contribution in [3.05, 3.63) is 65.2 Å². The molecular formula is C26H33N5O2S. The van der Waals surface area contributed by atoms with E-state index in [1.54, 1.807) is 0 Å². The van der Waals surface area contributed by atoms with Gasteiger partial charge in [0.05, 0.1) is 24.7 Å². The second-order valence-electron chi connectivity index (χ2n) is 8.65. The Kier molecular flexibility index (Phi) is 8.24. The summed E-state index contributed by atoms with van der Waals surface area (Å²) < 4.78 is 7.59. The number of benzene rings is 2. The Balaban J connectivity index is 1.53. The molecule has 7 nitrogen and oxygen atoms in total. The van der Waals surface area contributed by atoms with E-state index in [0.29, 0.717) is 25.5 Å². The first kappa shape index (κ1) is 24.3. The molecule has 4 rings (SSSR count). The van der Waals surface area contributed by atoms with Crippen molar-refractivity contribution in [1.82, 2.24) is 19.7 Å². The lowest BCUT2D eigenvalue weighted by molar-refractivity contribution is -0.129. The Labute approximate surface area is 206 Å². The van der Waals surface area contributed by atoms with Crippen molar-refractivity contribution < 1.29 is 9.53 Å². The van der Waals surface area contributed by atoms with Gasteiger partial charge in [0, 0.05) is 26.2 Å². The zero-order valence-electron chi connectivity index (χ0n) is 20.2. The highest BCUT2D eigenvalue weighted by Gasteiger charge is 2.23. The Hall–Kier alpha value is -2.84. The van der Waals surface area contributed by atoms with E-state index in [-0.39, 0.29) is 5.91 Å². The third-order valence-electron chi connectivity index (χ3n) is 5.84. The summed E-state index contributed by atoms with van der Waals surface area (Å²) in [5.74, 6) is 1.23. The monoisotopic (exact) mass is 479 g/mol. The molecular weight excluding hydrogens is 446 g/mol. The normalized spacial score (nSPS) is 13.8. The molecule has 1 fully saturated rings. The molecule has 0 N–H and O–H groups in total. The molecule has 1 aliphatic rings. The van der Waals surface area contributed by atoms with Crippen molar-refractivity contribution in [2.45, 2.75) is 38.9 Å². The molecule has 0 spiro atoms. The van der Waals surface area contributed by atoms with E-state index in [2.05, 4.69) is 82.9 Å². The van der Waals surface area contributed by atoms with Crippen molar-refractivity contribution in [1.29, 1.82) is 0 Å². The molecule has 1 amide bonds. The second-order valence-corrected chi connectivity index (χ2v) is 9.59. The highest BCUT2D eigenvalue weighted by molar-refractivity contribution is 7.99. The van der Waals surface area contributed by atoms with E-state index in [0.717, 1.165) is 48.4 Å². The van der Waals surface area contributed by atoms with E-state index in [4.69, 9.17) is 4.74 Å². The van der Waals surface area contributed by atoms with Crippen LogP contribution in [-0.2, 0) is 16.1 Å². The van der Waals surface area contributed by atoms with E-state index in [1.165, 1.54) is 22.9 Å². The summed E-state index contributed by atoms with van der Waals surface area (Å²) in [7, 11) is 0. The summed E-state index contributed by atoms with van der Waals surface area (Å²) in [5, 5.41) is 9.74. The molecule has 0 atom stereocenters. The van der Waals surface area contributed by atoms with Gasteiger partial charge in [-0.15, -0.1) is 10.2 Å². The molecule has 2 heterocycles. The lowest BCUT2D eigenvalue weighted by atomic mass is 10.1. The Morgan fingerprint density at radius 2 is 1.82 bits per heavy atom. The number of aromatic nitrogens is 3. The Morgan fingerprint density at radius 1 is 1.06 bits per heavy atom. The van der Waals surface area contributed by atoms with Crippen LogP contribution in [0.5, 0.6) is 0 Å². The molecule has 1 saturated heterocycles. The summed E-state index contributed by atoms with van der Waals surface area (Å²) in [6.45, 7) is 10.5. The number of anilines is 1. The number of carbonyl (C=O) groups is 1. The Bertz CT molecular complexity index is 1090. The maximum absolute atomic E-state index is 13.2. The van der Waals surface area contributed by atoms with E-state index >= 15 is 0 Å². The van der Waals surface area contributed by atoms with E-state index in [9.17, 15) is 4.79 Å². The minimum atomic E-state index is 0.110. The summed E-state index contributed by atoms with van der Waals surface area (Å²) in [5.41, 5.74) is 4.54. The largest absolute Gasteiger partial charge is 0.378 e. The number of morpholine rings is 1. The molecule has 2 aromatic carbocycles. The highest BCUT2D eigenvalue weighted by Crippen LogP contribution is 2.28. The number of carbonyl (C=O) groups excluding carboxylic acids is 1. The zero-order valence-corrected chi connectivity index (χ0v) is 21.1. The molecule has 0 aliphatic carbocycles. The summed E-state index contributed by atoms with van der Waals surface area (Å²) >= 11 is 1.45. The van der Waals surface area contributed by atoms with Gasteiger partial charge in [-0.1, -0.05) is 60.6 Å². The van der Waals surface area contributed by atoms with Crippen LogP contribution in [0.15, 0.2) is 53.7 Å². The van der Waals surface area contributed by atoms with Gasteiger partial charge in [-0.25, -0.2) is 0 Å². The van der Waals surface area contributed by atoms with Crippen LogP contribution in [0.4, 0.5) is 5.95 Å².